The Bertz CT molecular complexity index is 573. The molecule has 1 aliphatic carbocycles. The second kappa shape index (κ2) is 9.81. The minimum atomic E-state index is -0.266. The molecule has 1 saturated carbocycles. The zero-order valence-electron chi connectivity index (χ0n) is 16.7. The van der Waals surface area contributed by atoms with Gasteiger partial charge >= 0.3 is 0 Å². The maximum Gasteiger partial charge on any atom is 0.258 e. The van der Waals surface area contributed by atoms with Crippen LogP contribution in [0.1, 0.15) is 64.9 Å². The van der Waals surface area contributed by atoms with Gasteiger partial charge in [-0.2, -0.15) is 0 Å². The predicted octanol–water partition coefficient (Wildman–Crippen LogP) is 3.80. The van der Waals surface area contributed by atoms with E-state index in [1.54, 1.807) is 7.11 Å². The molecule has 2 N–H and O–H groups in total. The van der Waals surface area contributed by atoms with Crippen LogP contribution >= 0.6 is 0 Å². The Labute approximate surface area is 157 Å². The number of carbonyl (C=O) groups excluding carboxylic acids is 1. The van der Waals surface area contributed by atoms with Crippen molar-refractivity contribution in [3.8, 4) is 11.5 Å². The highest BCUT2D eigenvalue weighted by Crippen LogP contribution is 2.28. The first-order valence-electron chi connectivity index (χ1n) is 9.71. The number of carbonyl (C=O) groups is 1. The van der Waals surface area contributed by atoms with Crippen molar-refractivity contribution >= 4 is 5.91 Å². The number of nitrogens with one attached hydrogen (secondary N) is 2. The molecule has 5 heteroatoms. The van der Waals surface area contributed by atoms with Crippen molar-refractivity contribution in [1.82, 2.24) is 10.6 Å². The summed E-state index contributed by atoms with van der Waals surface area (Å²) < 4.78 is 11.1. The Kier molecular flexibility index (Phi) is 7.76. The van der Waals surface area contributed by atoms with Crippen LogP contribution in [0, 0.1) is 0 Å². The lowest BCUT2D eigenvalue weighted by molar-refractivity contribution is -0.124. The molecule has 0 aliphatic heterocycles. The van der Waals surface area contributed by atoms with Crippen LogP contribution in [-0.2, 0) is 11.3 Å². The fraction of sp³-hybridized carbons (Fsp3) is 0.667. The molecular weight excluding hydrogens is 328 g/mol. The number of methoxy groups -OCH3 is 1. The summed E-state index contributed by atoms with van der Waals surface area (Å²) in [7, 11) is 1.62. The van der Waals surface area contributed by atoms with Gasteiger partial charge in [-0.1, -0.05) is 31.7 Å². The summed E-state index contributed by atoms with van der Waals surface area (Å²) >= 11 is 0. The zero-order valence-corrected chi connectivity index (χ0v) is 16.7. The van der Waals surface area contributed by atoms with E-state index in [2.05, 4.69) is 10.6 Å². The summed E-state index contributed by atoms with van der Waals surface area (Å²) in [5.41, 5.74) is 0.899. The van der Waals surface area contributed by atoms with E-state index in [0.29, 0.717) is 17.5 Å². The van der Waals surface area contributed by atoms with Gasteiger partial charge in [0.2, 0.25) is 0 Å². The van der Waals surface area contributed by atoms with Crippen LogP contribution in [0.2, 0.25) is 0 Å². The monoisotopic (exact) mass is 362 g/mol. The Balaban J connectivity index is 1.88. The normalized spacial score (nSPS) is 16.0. The third-order valence-corrected chi connectivity index (χ3v) is 4.55. The Hall–Kier alpha value is -1.75. The molecule has 5 nitrogen and oxygen atoms in total. The SMILES string of the molecule is COc1cc(CNC2CCCCCC2)ccc1OCC(=O)NC(C)(C)C. The number of rotatable bonds is 7. The quantitative estimate of drug-likeness (QED) is 0.724. The predicted molar refractivity (Wildman–Crippen MR) is 105 cm³/mol. The molecule has 0 unspecified atom stereocenters. The summed E-state index contributed by atoms with van der Waals surface area (Å²) in [4.78, 5) is 11.9. The second-order valence-corrected chi connectivity index (χ2v) is 8.14. The molecular formula is C21H34N2O3. The molecule has 0 atom stereocenters. The second-order valence-electron chi connectivity index (χ2n) is 8.14. The van der Waals surface area contributed by atoms with Crippen LogP contribution < -0.4 is 20.1 Å². The van der Waals surface area contributed by atoms with Crippen molar-refractivity contribution in [2.75, 3.05) is 13.7 Å². The topological polar surface area (TPSA) is 59.6 Å². The molecule has 0 aromatic heterocycles. The smallest absolute Gasteiger partial charge is 0.258 e. The number of ether oxygens (including phenoxy) is 2. The lowest BCUT2D eigenvalue weighted by Gasteiger charge is -2.21. The molecule has 1 aromatic carbocycles. The van der Waals surface area contributed by atoms with Crippen molar-refractivity contribution in [3.63, 3.8) is 0 Å². The first-order valence-corrected chi connectivity index (χ1v) is 9.71. The maximum absolute atomic E-state index is 11.9. The highest BCUT2D eigenvalue weighted by atomic mass is 16.5. The molecule has 26 heavy (non-hydrogen) atoms. The van der Waals surface area contributed by atoms with Crippen molar-refractivity contribution in [3.05, 3.63) is 23.8 Å². The highest BCUT2D eigenvalue weighted by Gasteiger charge is 2.16. The van der Waals surface area contributed by atoms with Crippen LogP contribution in [0.5, 0.6) is 11.5 Å². The van der Waals surface area contributed by atoms with Crippen molar-refractivity contribution in [2.24, 2.45) is 0 Å². The molecule has 0 spiro atoms. The molecule has 1 aliphatic rings. The summed E-state index contributed by atoms with van der Waals surface area (Å²) in [6.45, 7) is 6.64. The van der Waals surface area contributed by atoms with Crippen LogP contribution in [0.3, 0.4) is 0 Å². The van der Waals surface area contributed by atoms with Crippen molar-refractivity contribution in [2.45, 2.75) is 77.4 Å². The third-order valence-electron chi connectivity index (χ3n) is 4.55. The van der Waals surface area contributed by atoms with Gasteiger partial charge in [0.25, 0.3) is 5.91 Å². The molecule has 1 amide bonds. The number of amides is 1. The minimum Gasteiger partial charge on any atom is -0.493 e. The van der Waals surface area contributed by atoms with Gasteiger partial charge in [0.05, 0.1) is 7.11 Å². The Morgan fingerprint density at radius 3 is 2.42 bits per heavy atom. The van der Waals surface area contributed by atoms with E-state index < -0.39 is 0 Å². The maximum atomic E-state index is 11.9. The largest absolute Gasteiger partial charge is 0.493 e. The first-order chi connectivity index (χ1) is 12.4. The van der Waals surface area contributed by atoms with E-state index in [9.17, 15) is 4.79 Å². The molecule has 0 saturated heterocycles. The minimum absolute atomic E-state index is 0.0205. The van der Waals surface area contributed by atoms with E-state index in [0.717, 1.165) is 12.1 Å². The molecule has 1 fully saturated rings. The number of hydrogen-bond acceptors (Lipinski definition) is 4. The summed E-state index contributed by atoms with van der Waals surface area (Å²) in [5, 5.41) is 6.55. The third kappa shape index (κ3) is 7.24. The summed E-state index contributed by atoms with van der Waals surface area (Å²) in [6.07, 6.45) is 7.90. The van der Waals surface area contributed by atoms with Gasteiger partial charge in [-0.05, 0) is 51.3 Å². The molecule has 1 aromatic rings. The van der Waals surface area contributed by atoms with Crippen LogP contribution in [0.25, 0.3) is 0 Å². The van der Waals surface area contributed by atoms with Gasteiger partial charge in [0, 0.05) is 18.1 Å². The van der Waals surface area contributed by atoms with Gasteiger partial charge in [0.15, 0.2) is 18.1 Å². The van der Waals surface area contributed by atoms with Gasteiger partial charge in [-0.15, -0.1) is 0 Å². The number of benzene rings is 1. The Morgan fingerprint density at radius 1 is 1.12 bits per heavy atom. The van der Waals surface area contributed by atoms with Gasteiger partial charge in [-0.25, -0.2) is 0 Å². The number of hydrogen-bond donors (Lipinski definition) is 2. The average molecular weight is 363 g/mol. The van der Waals surface area contributed by atoms with Crippen LogP contribution in [0.15, 0.2) is 18.2 Å². The molecule has 0 heterocycles. The van der Waals surface area contributed by atoms with Gasteiger partial charge < -0.3 is 20.1 Å². The van der Waals surface area contributed by atoms with E-state index in [1.807, 2.05) is 39.0 Å². The molecule has 146 valence electrons. The van der Waals surface area contributed by atoms with E-state index in [4.69, 9.17) is 9.47 Å². The zero-order chi connectivity index (χ0) is 19.0. The van der Waals surface area contributed by atoms with E-state index in [1.165, 1.54) is 38.5 Å². The fourth-order valence-electron chi connectivity index (χ4n) is 3.28. The standard InChI is InChI=1S/C21H34N2O3/c1-21(2,3)23-20(24)15-26-18-12-11-16(13-19(18)25-4)14-22-17-9-7-5-6-8-10-17/h11-13,17,22H,5-10,14-15H2,1-4H3,(H,23,24). The average Bonchev–Trinajstić information content (AvgIpc) is 2.85. The van der Waals surface area contributed by atoms with E-state index in [-0.39, 0.29) is 18.1 Å². The van der Waals surface area contributed by atoms with E-state index >= 15 is 0 Å². The van der Waals surface area contributed by atoms with Crippen molar-refractivity contribution < 1.29 is 14.3 Å². The molecule has 0 radical (unpaired) electrons. The van der Waals surface area contributed by atoms with Crippen LogP contribution in [-0.4, -0.2) is 31.2 Å². The van der Waals surface area contributed by atoms with Gasteiger partial charge in [-0.3, -0.25) is 4.79 Å². The summed E-state index contributed by atoms with van der Waals surface area (Å²) in [6, 6.07) is 6.51. The highest BCUT2D eigenvalue weighted by molar-refractivity contribution is 5.78. The van der Waals surface area contributed by atoms with Crippen LogP contribution in [0.4, 0.5) is 0 Å². The lowest BCUT2D eigenvalue weighted by atomic mass is 10.1. The first kappa shape index (κ1) is 20.6. The molecule has 2 rings (SSSR count). The summed E-state index contributed by atoms with van der Waals surface area (Å²) in [5.74, 6) is 1.11. The lowest BCUT2D eigenvalue weighted by Crippen LogP contribution is -2.43. The Morgan fingerprint density at radius 2 is 1.81 bits per heavy atom. The fourth-order valence-corrected chi connectivity index (χ4v) is 3.28. The van der Waals surface area contributed by atoms with Crippen molar-refractivity contribution in [1.29, 1.82) is 0 Å². The molecule has 0 bridgehead atoms. The van der Waals surface area contributed by atoms with Gasteiger partial charge in [0.1, 0.15) is 0 Å².